The molecule has 0 aliphatic carbocycles. The zero-order chi connectivity index (χ0) is 19.7. The van der Waals surface area contributed by atoms with Gasteiger partial charge in [0, 0.05) is 16.2 Å². The third kappa shape index (κ3) is 3.95. The van der Waals surface area contributed by atoms with Crippen molar-refractivity contribution < 1.29 is 0 Å². The lowest BCUT2D eigenvalue weighted by Gasteiger charge is -2.06. The SMILES string of the molecule is CCc1sc2nc(SCc3ccc(C)cc3)nc(Cl)c2c1-c1ccc(C)cc1. The molecule has 0 spiro atoms. The first-order chi connectivity index (χ1) is 13.5. The summed E-state index contributed by atoms with van der Waals surface area (Å²) >= 11 is 10.0. The van der Waals surface area contributed by atoms with E-state index in [0.717, 1.165) is 27.5 Å². The summed E-state index contributed by atoms with van der Waals surface area (Å²) in [6, 6.07) is 17.2. The lowest BCUT2D eigenvalue weighted by molar-refractivity contribution is 1.01. The lowest BCUT2D eigenvalue weighted by atomic mass is 10.0. The summed E-state index contributed by atoms with van der Waals surface area (Å²) in [5, 5.41) is 2.26. The zero-order valence-electron chi connectivity index (χ0n) is 16.1. The Bertz CT molecular complexity index is 1120. The van der Waals surface area contributed by atoms with Crippen molar-refractivity contribution in [2.24, 2.45) is 0 Å². The molecule has 0 atom stereocenters. The van der Waals surface area contributed by atoms with Gasteiger partial charge in [0.15, 0.2) is 5.16 Å². The molecule has 2 aromatic carbocycles. The number of hydrogen-bond acceptors (Lipinski definition) is 4. The number of thiophene rings is 1. The second-order valence-corrected chi connectivity index (χ2v) is 9.26. The van der Waals surface area contributed by atoms with Gasteiger partial charge in [-0.1, -0.05) is 89.9 Å². The Morgan fingerprint density at radius 3 is 2.21 bits per heavy atom. The van der Waals surface area contributed by atoms with E-state index in [9.17, 15) is 0 Å². The van der Waals surface area contributed by atoms with Gasteiger partial charge in [-0.25, -0.2) is 9.97 Å². The quantitative estimate of drug-likeness (QED) is 0.188. The molecular weight excluding hydrogens is 404 g/mol. The number of nitrogens with zero attached hydrogens (tertiary/aromatic N) is 2. The van der Waals surface area contributed by atoms with E-state index in [1.54, 1.807) is 23.1 Å². The van der Waals surface area contributed by atoms with Crippen LogP contribution in [0.5, 0.6) is 0 Å². The van der Waals surface area contributed by atoms with Gasteiger partial charge in [0.2, 0.25) is 0 Å². The number of aromatic nitrogens is 2. The molecule has 0 saturated carbocycles. The van der Waals surface area contributed by atoms with Crippen molar-refractivity contribution in [2.45, 2.75) is 38.1 Å². The monoisotopic (exact) mass is 424 g/mol. The standard InChI is InChI=1S/C23H21ClN2S2/c1-4-18-19(17-11-7-15(3)8-12-17)20-21(24)25-23(26-22(20)28-18)27-13-16-9-5-14(2)6-10-16/h5-12H,4,13H2,1-3H3. The van der Waals surface area contributed by atoms with E-state index in [4.69, 9.17) is 16.6 Å². The van der Waals surface area contributed by atoms with Crippen LogP contribution >= 0.6 is 34.7 Å². The molecule has 0 aliphatic rings. The molecule has 2 nitrogen and oxygen atoms in total. The van der Waals surface area contributed by atoms with Crippen LogP contribution in [0.25, 0.3) is 21.3 Å². The number of rotatable bonds is 5. The molecule has 28 heavy (non-hydrogen) atoms. The van der Waals surface area contributed by atoms with Crippen molar-refractivity contribution in [3.8, 4) is 11.1 Å². The molecule has 0 aliphatic heterocycles. The van der Waals surface area contributed by atoms with Crippen molar-refractivity contribution in [3.63, 3.8) is 0 Å². The number of hydrogen-bond donors (Lipinski definition) is 0. The van der Waals surface area contributed by atoms with Gasteiger partial charge >= 0.3 is 0 Å². The largest absolute Gasteiger partial charge is 0.211 e. The lowest BCUT2D eigenvalue weighted by Crippen LogP contribution is -1.90. The maximum atomic E-state index is 6.66. The Balaban J connectivity index is 1.71. The van der Waals surface area contributed by atoms with Gasteiger partial charge in [-0.05, 0) is 31.4 Å². The fourth-order valence-corrected chi connectivity index (χ4v) is 5.52. The summed E-state index contributed by atoms with van der Waals surface area (Å²) in [5.41, 5.74) is 6.14. The molecule has 4 rings (SSSR count). The van der Waals surface area contributed by atoms with Crippen molar-refractivity contribution in [2.75, 3.05) is 0 Å². The Labute approximate surface area is 179 Å². The normalized spacial score (nSPS) is 11.3. The van der Waals surface area contributed by atoms with Crippen LogP contribution in [0.15, 0.2) is 53.7 Å². The smallest absolute Gasteiger partial charge is 0.190 e. The highest BCUT2D eigenvalue weighted by molar-refractivity contribution is 7.98. The Morgan fingerprint density at radius 2 is 1.57 bits per heavy atom. The molecule has 0 amide bonds. The van der Waals surface area contributed by atoms with Crippen LogP contribution in [0, 0.1) is 13.8 Å². The number of halogens is 1. The summed E-state index contributed by atoms with van der Waals surface area (Å²) in [6.07, 6.45) is 0.951. The molecule has 4 aromatic rings. The van der Waals surface area contributed by atoms with E-state index in [0.29, 0.717) is 5.15 Å². The molecule has 142 valence electrons. The zero-order valence-corrected chi connectivity index (χ0v) is 18.5. The average Bonchev–Trinajstić information content (AvgIpc) is 3.07. The Kier molecular flexibility index (Phi) is 5.72. The molecule has 0 N–H and O–H groups in total. The van der Waals surface area contributed by atoms with Crippen LogP contribution in [0.3, 0.4) is 0 Å². The van der Waals surface area contributed by atoms with Gasteiger partial charge in [0.1, 0.15) is 9.98 Å². The number of thioether (sulfide) groups is 1. The first-order valence-electron chi connectivity index (χ1n) is 9.29. The summed E-state index contributed by atoms with van der Waals surface area (Å²) in [5.74, 6) is 0.832. The summed E-state index contributed by atoms with van der Waals surface area (Å²) in [6.45, 7) is 6.38. The molecule has 0 bridgehead atoms. The highest BCUT2D eigenvalue weighted by Gasteiger charge is 2.19. The number of fused-ring (bicyclic) bond motifs is 1. The van der Waals surface area contributed by atoms with Crippen molar-refractivity contribution in [1.29, 1.82) is 0 Å². The van der Waals surface area contributed by atoms with Crippen LogP contribution in [-0.2, 0) is 12.2 Å². The van der Waals surface area contributed by atoms with E-state index in [1.165, 1.54) is 32.7 Å². The highest BCUT2D eigenvalue weighted by Crippen LogP contribution is 2.42. The minimum absolute atomic E-state index is 0.544. The number of aryl methyl sites for hydroxylation is 3. The second-order valence-electron chi connectivity index (χ2n) is 6.87. The maximum Gasteiger partial charge on any atom is 0.190 e. The molecular formula is C23H21ClN2S2. The van der Waals surface area contributed by atoms with Crippen LogP contribution in [0.2, 0.25) is 5.15 Å². The minimum Gasteiger partial charge on any atom is -0.211 e. The van der Waals surface area contributed by atoms with E-state index >= 15 is 0 Å². The molecule has 0 fully saturated rings. The molecule has 2 heterocycles. The first kappa shape index (κ1) is 19.4. The third-order valence-electron chi connectivity index (χ3n) is 4.71. The van der Waals surface area contributed by atoms with Gasteiger partial charge in [-0.2, -0.15) is 0 Å². The van der Waals surface area contributed by atoms with E-state index in [1.807, 2.05) is 0 Å². The fourth-order valence-electron chi connectivity index (χ4n) is 3.16. The summed E-state index contributed by atoms with van der Waals surface area (Å²) in [7, 11) is 0. The average molecular weight is 425 g/mol. The molecule has 5 heteroatoms. The van der Waals surface area contributed by atoms with E-state index in [2.05, 4.69) is 74.3 Å². The van der Waals surface area contributed by atoms with Crippen molar-refractivity contribution in [3.05, 3.63) is 75.3 Å². The van der Waals surface area contributed by atoms with E-state index < -0.39 is 0 Å². The highest BCUT2D eigenvalue weighted by atomic mass is 35.5. The first-order valence-corrected chi connectivity index (χ1v) is 11.5. The maximum absolute atomic E-state index is 6.66. The van der Waals surface area contributed by atoms with Gasteiger partial charge in [-0.15, -0.1) is 11.3 Å². The van der Waals surface area contributed by atoms with Crippen LogP contribution in [0.4, 0.5) is 0 Å². The Morgan fingerprint density at radius 1 is 0.929 bits per heavy atom. The van der Waals surface area contributed by atoms with Gasteiger partial charge in [-0.3, -0.25) is 0 Å². The van der Waals surface area contributed by atoms with Gasteiger partial charge in [0.25, 0.3) is 0 Å². The Hall–Kier alpha value is -1.88. The van der Waals surface area contributed by atoms with Crippen molar-refractivity contribution in [1.82, 2.24) is 9.97 Å². The molecule has 2 aromatic heterocycles. The molecule has 0 saturated heterocycles. The number of benzene rings is 2. The van der Waals surface area contributed by atoms with Gasteiger partial charge in [0.05, 0.1) is 5.39 Å². The van der Waals surface area contributed by atoms with E-state index in [-0.39, 0.29) is 0 Å². The fraction of sp³-hybridized carbons (Fsp3) is 0.217. The van der Waals surface area contributed by atoms with Crippen LogP contribution in [0.1, 0.15) is 28.5 Å². The third-order valence-corrected chi connectivity index (χ3v) is 7.13. The predicted molar refractivity (Wildman–Crippen MR) is 123 cm³/mol. The summed E-state index contributed by atoms with van der Waals surface area (Å²) in [4.78, 5) is 11.7. The van der Waals surface area contributed by atoms with Gasteiger partial charge < -0.3 is 0 Å². The van der Waals surface area contributed by atoms with Crippen molar-refractivity contribution >= 4 is 44.9 Å². The minimum atomic E-state index is 0.544. The predicted octanol–water partition coefficient (Wildman–Crippen LogP) is 7.48. The molecule has 0 radical (unpaired) electrons. The van der Waals surface area contributed by atoms with Crippen LogP contribution < -0.4 is 0 Å². The molecule has 0 unspecified atom stereocenters. The van der Waals surface area contributed by atoms with Crippen LogP contribution in [-0.4, -0.2) is 9.97 Å². The topological polar surface area (TPSA) is 25.8 Å². The second kappa shape index (κ2) is 8.24. The summed E-state index contributed by atoms with van der Waals surface area (Å²) < 4.78 is 0.